The molecule has 2 rings (SSSR count). The third-order valence-corrected chi connectivity index (χ3v) is 2.52. The van der Waals surface area contributed by atoms with E-state index in [1.54, 1.807) is 0 Å². The number of nitrogens with two attached hydrogens (primary N) is 1. The number of ether oxygens (including phenoxy) is 1. The first-order chi connectivity index (χ1) is 6.16. The summed E-state index contributed by atoms with van der Waals surface area (Å²) in [6.45, 7) is 2.03. The van der Waals surface area contributed by atoms with E-state index in [-0.39, 0.29) is 12.1 Å². The molecule has 1 aromatic carbocycles. The zero-order chi connectivity index (χ0) is 9.42. The molecule has 0 aromatic heterocycles. The van der Waals surface area contributed by atoms with Crippen LogP contribution in [0.4, 0.5) is 0 Å². The highest BCUT2D eigenvalue weighted by Gasteiger charge is 2.22. The van der Waals surface area contributed by atoms with Crippen molar-refractivity contribution in [3.63, 3.8) is 0 Å². The molecule has 1 unspecified atom stereocenters. The molecule has 1 aliphatic rings. The van der Waals surface area contributed by atoms with Crippen LogP contribution < -0.4 is 10.5 Å². The summed E-state index contributed by atoms with van der Waals surface area (Å²) in [5.41, 5.74) is 6.99. The van der Waals surface area contributed by atoms with Crippen molar-refractivity contribution in [3.05, 3.63) is 28.8 Å². The molecule has 1 aliphatic heterocycles. The van der Waals surface area contributed by atoms with Gasteiger partial charge in [-0.05, 0) is 25.1 Å². The van der Waals surface area contributed by atoms with Crippen molar-refractivity contribution >= 4 is 11.6 Å². The highest BCUT2D eigenvalue weighted by molar-refractivity contribution is 6.30. The van der Waals surface area contributed by atoms with Gasteiger partial charge in [0.25, 0.3) is 0 Å². The molecule has 2 N–H and O–H groups in total. The topological polar surface area (TPSA) is 35.2 Å². The number of hydrogen-bond acceptors (Lipinski definition) is 2. The second-order valence-corrected chi connectivity index (χ2v) is 3.89. The predicted molar refractivity (Wildman–Crippen MR) is 53.1 cm³/mol. The molecular weight excluding hydrogens is 186 g/mol. The van der Waals surface area contributed by atoms with E-state index in [9.17, 15) is 0 Å². The second kappa shape index (κ2) is 3.20. The van der Waals surface area contributed by atoms with Gasteiger partial charge in [0.2, 0.25) is 0 Å². The van der Waals surface area contributed by atoms with Crippen molar-refractivity contribution in [1.82, 2.24) is 0 Å². The standard InChI is InChI=1S/C10H12ClNO/c1-6-4-9(12)8-5-7(11)2-3-10(8)13-6/h2-3,5-6,9H,4,12H2,1H3/t6?,9-/m1/s1. The lowest BCUT2D eigenvalue weighted by Gasteiger charge is -2.28. The van der Waals surface area contributed by atoms with Gasteiger partial charge >= 0.3 is 0 Å². The van der Waals surface area contributed by atoms with Crippen LogP contribution in [-0.4, -0.2) is 6.10 Å². The van der Waals surface area contributed by atoms with Crippen LogP contribution in [0.1, 0.15) is 24.9 Å². The molecular formula is C10H12ClNO. The fourth-order valence-electron chi connectivity index (χ4n) is 1.67. The number of rotatable bonds is 0. The van der Waals surface area contributed by atoms with Crippen molar-refractivity contribution in [1.29, 1.82) is 0 Å². The first-order valence-electron chi connectivity index (χ1n) is 4.38. The highest BCUT2D eigenvalue weighted by atomic mass is 35.5. The van der Waals surface area contributed by atoms with Crippen molar-refractivity contribution in [3.8, 4) is 5.75 Å². The Hall–Kier alpha value is -0.730. The van der Waals surface area contributed by atoms with Crippen LogP contribution in [0, 0.1) is 0 Å². The molecule has 0 fully saturated rings. The van der Waals surface area contributed by atoms with Crippen LogP contribution in [0.5, 0.6) is 5.75 Å². The fraction of sp³-hybridized carbons (Fsp3) is 0.400. The van der Waals surface area contributed by atoms with E-state index in [0.29, 0.717) is 5.02 Å². The van der Waals surface area contributed by atoms with Gasteiger partial charge in [0.15, 0.2) is 0 Å². The molecule has 2 nitrogen and oxygen atoms in total. The van der Waals surface area contributed by atoms with Crippen molar-refractivity contribution < 1.29 is 4.74 Å². The lowest BCUT2D eigenvalue weighted by molar-refractivity contribution is 0.177. The van der Waals surface area contributed by atoms with Crippen LogP contribution in [0.2, 0.25) is 5.02 Å². The number of fused-ring (bicyclic) bond motifs is 1. The third kappa shape index (κ3) is 1.64. The van der Waals surface area contributed by atoms with Gasteiger partial charge in [-0.2, -0.15) is 0 Å². The Morgan fingerprint density at radius 1 is 1.54 bits per heavy atom. The number of benzene rings is 1. The minimum absolute atomic E-state index is 0.0532. The number of hydrogen-bond donors (Lipinski definition) is 1. The predicted octanol–water partition coefficient (Wildman–Crippen LogP) is 2.51. The van der Waals surface area contributed by atoms with Gasteiger partial charge < -0.3 is 10.5 Å². The Bertz CT molecular complexity index is 327. The van der Waals surface area contributed by atoms with Crippen molar-refractivity contribution in [2.45, 2.75) is 25.5 Å². The van der Waals surface area contributed by atoms with E-state index in [0.717, 1.165) is 17.7 Å². The molecule has 0 saturated heterocycles. The minimum Gasteiger partial charge on any atom is -0.490 e. The summed E-state index contributed by atoms with van der Waals surface area (Å²) >= 11 is 5.87. The van der Waals surface area contributed by atoms with Gasteiger partial charge in [-0.1, -0.05) is 11.6 Å². The number of halogens is 1. The smallest absolute Gasteiger partial charge is 0.124 e. The van der Waals surface area contributed by atoms with E-state index in [4.69, 9.17) is 22.1 Å². The normalized spacial score (nSPS) is 26.4. The lowest BCUT2D eigenvalue weighted by Crippen LogP contribution is -2.27. The molecule has 1 heterocycles. The van der Waals surface area contributed by atoms with E-state index in [1.807, 2.05) is 25.1 Å². The molecule has 0 spiro atoms. The molecule has 0 amide bonds. The van der Waals surface area contributed by atoms with Gasteiger partial charge in [0.05, 0.1) is 6.10 Å². The van der Waals surface area contributed by atoms with Gasteiger partial charge in [-0.25, -0.2) is 0 Å². The summed E-state index contributed by atoms with van der Waals surface area (Å²) in [4.78, 5) is 0. The van der Waals surface area contributed by atoms with Gasteiger partial charge in [-0.15, -0.1) is 0 Å². The van der Waals surface area contributed by atoms with E-state index < -0.39 is 0 Å². The fourth-order valence-corrected chi connectivity index (χ4v) is 1.85. The average molecular weight is 198 g/mol. The van der Waals surface area contributed by atoms with Gasteiger partial charge in [0, 0.05) is 23.0 Å². The summed E-state index contributed by atoms with van der Waals surface area (Å²) < 4.78 is 5.62. The Balaban J connectivity index is 2.43. The van der Waals surface area contributed by atoms with E-state index >= 15 is 0 Å². The molecule has 70 valence electrons. The lowest BCUT2D eigenvalue weighted by atomic mass is 9.98. The highest BCUT2D eigenvalue weighted by Crippen LogP contribution is 2.34. The maximum absolute atomic E-state index is 5.97. The summed E-state index contributed by atoms with van der Waals surface area (Å²) in [6.07, 6.45) is 1.05. The summed E-state index contributed by atoms with van der Waals surface area (Å²) in [6, 6.07) is 5.64. The molecule has 1 aromatic rings. The van der Waals surface area contributed by atoms with Gasteiger partial charge in [0.1, 0.15) is 5.75 Å². The molecule has 0 aliphatic carbocycles. The monoisotopic (exact) mass is 197 g/mol. The SMILES string of the molecule is CC1C[C@@H](N)c2cc(Cl)ccc2O1. The molecule has 0 bridgehead atoms. The minimum atomic E-state index is 0.0532. The molecule has 13 heavy (non-hydrogen) atoms. The van der Waals surface area contributed by atoms with E-state index in [2.05, 4.69) is 0 Å². The van der Waals surface area contributed by atoms with Crippen LogP contribution in [0.3, 0.4) is 0 Å². The maximum atomic E-state index is 5.97. The summed E-state index contributed by atoms with van der Waals surface area (Å²) in [5.74, 6) is 0.871. The van der Waals surface area contributed by atoms with Crippen molar-refractivity contribution in [2.24, 2.45) is 5.73 Å². The first-order valence-corrected chi connectivity index (χ1v) is 4.76. The molecule has 0 radical (unpaired) electrons. The van der Waals surface area contributed by atoms with Crippen molar-refractivity contribution in [2.75, 3.05) is 0 Å². The first kappa shape index (κ1) is 8.85. The Labute approximate surface area is 82.6 Å². The zero-order valence-electron chi connectivity index (χ0n) is 7.46. The zero-order valence-corrected chi connectivity index (χ0v) is 8.21. The Morgan fingerprint density at radius 3 is 3.08 bits per heavy atom. The van der Waals surface area contributed by atoms with Crippen LogP contribution in [-0.2, 0) is 0 Å². The molecule has 0 saturated carbocycles. The Kier molecular flexibility index (Phi) is 2.18. The quantitative estimate of drug-likeness (QED) is 0.694. The Morgan fingerprint density at radius 2 is 2.31 bits per heavy atom. The summed E-state index contributed by atoms with van der Waals surface area (Å²) in [5, 5.41) is 0.715. The molecule has 3 heteroatoms. The van der Waals surface area contributed by atoms with Crippen LogP contribution in [0.15, 0.2) is 18.2 Å². The third-order valence-electron chi connectivity index (χ3n) is 2.29. The second-order valence-electron chi connectivity index (χ2n) is 3.45. The van der Waals surface area contributed by atoms with Crippen LogP contribution in [0.25, 0.3) is 0 Å². The average Bonchev–Trinajstić information content (AvgIpc) is 2.06. The van der Waals surface area contributed by atoms with Crippen LogP contribution >= 0.6 is 11.6 Å². The largest absolute Gasteiger partial charge is 0.490 e. The molecule has 2 atom stereocenters. The maximum Gasteiger partial charge on any atom is 0.124 e. The van der Waals surface area contributed by atoms with Gasteiger partial charge in [-0.3, -0.25) is 0 Å². The van der Waals surface area contributed by atoms with E-state index in [1.165, 1.54) is 0 Å². The summed E-state index contributed by atoms with van der Waals surface area (Å²) in [7, 11) is 0.